The first-order valence-electron chi connectivity index (χ1n) is 9.09. The van der Waals surface area contributed by atoms with E-state index in [4.69, 9.17) is 5.26 Å². The number of carbonyl (C=O) groups is 2. The van der Waals surface area contributed by atoms with Gasteiger partial charge in [0.25, 0.3) is 5.91 Å². The maximum absolute atomic E-state index is 12.7. The van der Waals surface area contributed by atoms with Crippen LogP contribution in [-0.2, 0) is 10.5 Å². The van der Waals surface area contributed by atoms with Crippen molar-refractivity contribution in [3.8, 4) is 6.07 Å². The molecule has 29 heavy (non-hydrogen) atoms. The molecule has 0 aliphatic carbocycles. The van der Waals surface area contributed by atoms with E-state index in [0.717, 1.165) is 22.2 Å². The first kappa shape index (κ1) is 20.4. The Morgan fingerprint density at radius 2 is 1.86 bits per heavy atom. The number of fused-ring (bicyclic) bond motifs is 1. The van der Waals surface area contributed by atoms with Crippen LogP contribution in [0, 0.1) is 11.3 Å². The number of hydrogen-bond acceptors (Lipinski definition) is 5. The molecule has 0 aliphatic rings. The van der Waals surface area contributed by atoms with Crippen molar-refractivity contribution in [1.29, 1.82) is 5.26 Å². The normalized spacial score (nSPS) is 11.4. The molecular formula is C22H20N4O2S. The highest BCUT2D eigenvalue weighted by Crippen LogP contribution is 2.15. The fourth-order valence-electron chi connectivity index (χ4n) is 2.74. The number of thioether (sulfide) groups is 1. The number of pyridine rings is 1. The van der Waals surface area contributed by atoms with E-state index in [1.54, 1.807) is 17.8 Å². The minimum Gasteiger partial charge on any atom is -0.341 e. The molecule has 146 valence electrons. The molecule has 2 amide bonds. The molecule has 1 aromatic heterocycles. The lowest BCUT2D eigenvalue weighted by atomic mass is 10.1. The number of para-hydroxylation sites is 1. The third-order valence-electron chi connectivity index (χ3n) is 4.21. The number of aromatic nitrogens is 1. The van der Waals surface area contributed by atoms with Crippen molar-refractivity contribution in [2.75, 3.05) is 12.3 Å². The zero-order valence-electron chi connectivity index (χ0n) is 15.7. The molecule has 3 rings (SSSR count). The number of nitriles is 1. The molecule has 2 N–H and O–H groups in total. The average Bonchev–Trinajstić information content (AvgIpc) is 2.77. The maximum Gasteiger partial charge on any atom is 0.253 e. The Bertz CT molecular complexity index is 1030. The molecule has 6 nitrogen and oxygen atoms in total. The summed E-state index contributed by atoms with van der Waals surface area (Å²) < 4.78 is 0. The third-order valence-corrected chi connectivity index (χ3v) is 5.32. The summed E-state index contributed by atoms with van der Waals surface area (Å²) >= 11 is 1.54. The van der Waals surface area contributed by atoms with Crippen LogP contribution in [0.2, 0.25) is 0 Å². The van der Waals surface area contributed by atoms with E-state index in [1.807, 2.05) is 60.7 Å². The van der Waals surface area contributed by atoms with Gasteiger partial charge in [0.2, 0.25) is 5.91 Å². The first-order valence-corrected chi connectivity index (χ1v) is 10.2. The average molecular weight is 404 g/mol. The number of amides is 2. The summed E-state index contributed by atoms with van der Waals surface area (Å²) in [6.07, 6.45) is 1.50. The zero-order valence-corrected chi connectivity index (χ0v) is 16.5. The molecular weight excluding hydrogens is 384 g/mol. The quantitative estimate of drug-likeness (QED) is 0.563. The van der Waals surface area contributed by atoms with Gasteiger partial charge < -0.3 is 10.6 Å². The van der Waals surface area contributed by atoms with Gasteiger partial charge in [-0.15, -0.1) is 0 Å². The molecule has 1 heterocycles. The Balaban J connectivity index is 1.67. The zero-order chi connectivity index (χ0) is 20.5. The summed E-state index contributed by atoms with van der Waals surface area (Å²) in [5, 5.41) is 14.9. The van der Waals surface area contributed by atoms with Crippen LogP contribution >= 0.6 is 11.8 Å². The smallest absolute Gasteiger partial charge is 0.253 e. The molecule has 0 radical (unpaired) electrons. The number of hydrogen-bond donors (Lipinski definition) is 2. The molecule has 0 aliphatic heterocycles. The first-order chi connectivity index (χ1) is 14.2. The Labute approximate surface area is 173 Å². The van der Waals surface area contributed by atoms with E-state index in [1.165, 1.54) is 6.20 Å². The standard InChI is InChI=1S/C22H20N4O2S/c23-10-11-24-22(28)20(15-29-14-16-6-2-1-3-7-16)26-21(27)18-12-17-8-4-5-9-19(17)25-13-18/h1-9,12-13,20H,11,14-15H2,(H,24,28)(H,26,27)/t20-/m0/s1. The fraction of sp³-hybridized carbons (Fsp3) is 0.182. The van der Waals surface area contributed by atoms with Crippen molar-refractivity contribution in [3.63, 3.8) is 0 Å². The number of nitrogens with zero attached hydrogens (tertiary/aromatic N) is 2. The van der Waals surface area contributed by atoms with Gasteiger partial charge in [0.15, 0.2) is 0 Å². The number of carbonyl (C=O) groups excluding carboxylic acids is 2. The van der Waals surface area contributed by atoms with Gasteiger partial charge in [-0.05, 0) is 17.7 Å². The maximum atomic E-state index is 12.7. The number of benzene rings is 2. The van der Waals surface area contributed by atoms with Crippen LogP contribution < -0.4 is 10.6 Å². The van der Waals surface area contributed by atoms with Crippen molar-refractivity contribution in [2.45, 2.75) is 11.8 Å². The van der Waals surface area contributed by atoms with Crippen LogP contribution in [0.4, 0.5) is 0 Å². The number of rotatable bonds is 8. The van der Waals surface area contributed by atoms with E-state index in [9.17, 15) is 9.59 Å². The SMILES string of the molecule is N#CCNC(=O)[C@H](CSCc1ccccc1)NC(=O)c1cnc2ccccc2c1. The van der Waals surface area contributed by atoms with E-state index in [0.29, 0.717) is 11.3 Å². The van der Waals surface area contributed by atoms with Crippen LogP contribution in [0.3, 0.4) is 0 Å². The Morgan fingerprint density at radius 1 is 1.10 bits per heavy atom. The summed E-state index contributed by atoms with van der Waals surface area (Å²) in [5.41, 5.74) is 2.32. The van der Waals surface area contributed by atoms with Crippen molar-refractivity contribution in [3.05, 3.63) is 78.0 Å². The van der Waals surface area contributed by atoms with Gasteiger partial charge >= 0.3 is 0 Å². The van der Waals surface area contributed by atoms with Gasteiger partial charge in [-0.2, -0.15) is 17.0 Å². The molecule has 0 unspecified atom stereocenters. The molecule has 0 spiro atoms. The van der Waals surface area contributed by atoms with Crippen LogP contribution in [0.15, 0.2) is 66.9 Å². The van der Waals surface area contributed by atoms with Gasteiger partial charge in [-0.1, -0.05) is 48.5 Å². The second kappa shape index (κ2) is 10.2. The molecule has 0 bridgehead atoms. The third kappa shape index (κ3) is 5.80. The lowest BCUT2D eigenvalue weighted by molar-refractivity contribution is -0.122. The van der Waals surface area contributed by atoms with Crippen LogP contribution in [0.25, 0.3) is 10.9 Å². The highest BCUT2D eigenvalue weighted by Gasteiger charge is 2.21. The van der Waals surface area contributed by atoms with Crippen LogP contribution in [0.1, 0.15) is 15.9 Å². The summed E-state index contributed by atoms with van der Waals surface area (Å²) in [6.45, 7) is -0.105. The Hall–Kier alpha value is -3.37. The predicted octanol–water partition coefficient (Wildman–Crippen LogP) is 2.91. The summed E-state index contributed by atoms with van der Waals surface area (Å²) in [7, 11) is 0. The van der Waals surface area contributed by atoms with E-state index >= 15 is 0 Å². The second-order valence-electron chi connectivity index (χ2n) is 6.32. The summed E-state index contributed by atoms with van der Waals surface area (Å²) in [6, 6.07) is 20.3. The monoisotopic (exact) mass is 404 g/mol. The molecule has 2 aromatic carbocycles. The minimum absolute atomic E-state index is 0.105. The van der Waals surface area contributed by atoms with Crippen LogP contribution in [0.5, 0.6) is 0 Å². The van der Waals surface area contributed by atoms with Gasteiger partial charge in [0.05, 0.1) is 17.1 Å². The lowest BCUT2D eigenvalue weighted by Crippen LogP contribution is -2.48. The molecule has 0 fully saturated rings. The Kier molecular flexibility index (Phi) is 7.20. The number of nitrogens with one attached hydrogen (secondary N) is 2. The van der Waals surface area contributed by atoms with Gasteiger partial charge in [-0.25, -0.2) is 0 Å². The van der Waals surface area contributed by atoms with Crippen molar-refractivity contribution < 1.29 is 9.59 Å². The summed E-state index contributed by atoms with van der Waals surface area (Å²) in [5.74, 6) is 0.352. The van der Waals surface area contributed by atoms with Crippen molar-refractivity contribution in [2.24, 2.45) is 0 Å². The van der Waals surface area contributed by atoms with E-state index < -0.39 is 6.04 Å². The molecule has 7 heteroatoms. The molecule has 0 saturated carbocycles. The van der Waals surface area contributed by atoms with E-state index in [2.05, 4.69) is 15.6 Å². The highest BCUT2D eigenvalue weighted by molar-refractivity contribution is 7.98. The largest absolute Gasteiger partial charge is 0.341 e. The highest BCUT2D eigenvalue weighted by atomic mass is 32.2. The molecule has 1 atom stereocenters. The van der Waals surface area contributed by atoms with Crippen molar-refractivity contribution in [1.82, 2.24) is 15.6 Å². The van der Waals surface area contributed by atoms with Gasteiger partial charge in [-0.3, -0.25) is 14.6 Å². The van der Waals surface area contributed by atoms with Gasteiger partial charge in [0, 0.05) is 23.1 Å². The Morgan fingerprint density at radius 3 is 2.66 bits per heavy atom. The minimum atomic E-state index is -0.754. The van der Waals surface area contributed by atoms with Crippen LogP contribution in [-0.4, -0.2) is 35.1 Å². The second-order valence-corrected chi connectivity index (χ2v) is 7.35. The summed E-state index contributed by atoms with van der Waals surface area (Å²) in [4.78, 5) is 29.4. The predicted molar refractivity (Wildman–Crippen MR) is 114 cm³/mol. The molecule has 3 aromatic rings. The topological polar surface area (TPSA) is 94.9 Å². The fourth-order valence-corrected chi connectivity index (χ4v) is 3.75. The van der Waals surface area contributed by atoms with E-state index in [-0.39, 0.29) is 18.4 Å². The van der Waals surface area contributed by atoms with Crippen molar-refractivity contribution >= 4 is 34.5 Å². The van der Waals surface area contributed by atoms with Gasteiger partial charge in [0.1, 0.15) is 12.6 Å². The molecule has 0 saturated heterocycles. The lowest BCUT2D eigenvalue weighted by Gasteiger charge is -2.17.